The maximum absolute atomic E-state index is 3.75. The molecule has 0 heterocycles. The summed E-state index contributed by atoms with van der Waals surface area (Å²) < 4.78 is 0. The summed E-state index contributed by atoms with van der Waals surface area (Å²) in [5.74, 6) is 3.08. The van der Waals surface area contributed by atoms with Crippen LogP contribution >= 0.6 is 11.8 Å². The van der Waals surface area contributed by atoms with Crippen LogP contribution in [-0.2, 0) is 0 Å². The van der Waals surface area contributed by atoms with Crippen molar-refractivity contribution in [2.24, 2.45) is 11.8 Å². The molecule has 0 aromatic rings. The second-order valence-corrected chi connectivity index (χ2v) is 5.90. The summed E-state index contributed by atoms with van der Waals surface area (Å²) >= 11 is 1.94. The molecule has 0 aliphatic heterocycles. The average molecular weight is 215 g/mol. The molecule has 0 bridgehead atoms. The van der Waals surface area contributed by atoms with Crippen molar-refractivity contribution < 1.29 is 0 Å². The Bertz CT molecular complexity index is 160. The van der Waals surface area contributed by atoms with E-state index in [4.69, 9.17) is 0 Å². The molecule has 0 aromatic carbocycles. The van der Waals surface area contributed by atoms with E-state index in [-0.39, 0.29) is 0 Å². The number of rotatable bonds is 4. The first-order valence-corrected chi connectivity index (χ1v) is 7.27. The molecule has 0 radical (unpaired) electrons. The van der Waals surface area contributed by atoms with Gasteiger partial charge in [-0.25, -0.2) is 0 Å². The Morgan fingerprint density at radius 2 is 2.00 bits per heavy atom. The van der Waals surface area contributed by atoms with Crippen LogP contribution < -0.4 is 5.32 Å². The maximum Gasteiger partial charge on any atom is 0.0132 e. The fourth-order valence-corrected chi connectivity index (χ4v) is 3.00. The normalized spacial score (nSPS) is 35.6. The zero-order chi connectivity index (χ0) is 10.6. The third kappa shape index (κ3) is 3.82. The Morgan fingerprint density at radius 3 is 2.57 bits per heavy atom. The van der Waals surface area contributed by atoms with Gasteiger partial charge in [-0.2, -0.15) is 11.8 Å². The summed E-state index contributed by atoms with van der Waals surface area (Å²) in [7, 11) is 0. The third-order valence-electron chi connectivity index (χ3n) is 3.54. The minimum atomic E-state index is 0.676. The molecule has 1 aliphatic rings. The summed E-state index contributed by atoms with van der Waals surface area (Å²) in [5, 5.41) is 3.75. The minimum Gasteiger partial charge on any atom is -0.311 e. The van der Waals surface area contributed by atoms with Gasteiger partial charge in [0.2, 0.25) is 0 Å². The van der Waals surface area contributed by atoms with E-state index >= 15 is 0 Å². The zero-order valence-electron chi connectivity index (χ0n) is 10.0. The van der Waals surface area contributed by atoms with E-state index in [0.717, 1.165) is 17.9 Å². The molecule has 4 atom stereocenters. The maximum atomic E-state index is 3.75. The van der Waals surface area contributed by atoms with E-state index in [2.05, 4.69) is 32.3 Å². The molecule has 1 aliphatic carbocycles. The standard InChI is InChI=1S/C12H25NS/c1-9-5-6-12(7-10(9)2)13-11(3)8-14-4/h9-13H,5-8H2,1-4H3. The predicted molar refractivity (Wildman–Crippen MR) is 66.9 cm³/mol. The van der Waals surface area contributed by atoms with E-state index in [1.807, 2.05) is 11.8 Å². The van der Waals surface area contributed by atoms with Gasteiger partial charge in [0.1, 0.15) is 0 Å². The van der Waals surface area contributed by atoms with Crippen LogP contribution in [0.3, 0.4) is 0 Å². The number of thioether (sulfide) groups is 1. The van der Waals surface area contributed by atoms with Crippen molar-refractivity contribution in [3.63, 3.8) is 0 Å². The lowest BCUT2D eigenvalue weighted by Crippen LogP contribution is -2.42. The number of nitrogens with one attached hydrogen (secondary N) is 1. The Hall–Kier alpha value is 0.310. The van der Waals surface area contributed by atoms with E-state index in [9.17, 15) is 0 Å². The molecule has 1 rings (SSSR count). The van der Waals surface area contributed by atoms with Gasteiger partial charge in [-0.05, 0) is 44.3 Å². The summed E-state index contributed by atoms with van der Waals surface area (Å²) in [6.07, 6.45) is 6.35. The highest BCUT2D eigenvalue weighted by Crippen LogP contribution is 2.29. The van der Waals surface area contributed by atoms with Gasteiger partial charge in [0.25, 0.3) is 0 Å². The van der Waals surface area contributed by atoms with Crippen molar-refractivity contribution in [2.75, 3.05) is 12.0 Å². The van der Waals surface area contributed by atoms with Crippen molar-refractivity contribution in [2.45, 2.75) is 52.1 Å². The van der Waals surface area contributed by atoms with E-state index in [0.29, 0.717) is 6.04 Å². The largest absolute Gasteiger partial charge is 0.311 e. The van der Waals surface area contributed by atoms with Crippen molar-refractivity contribution in [1.29, 1.82) is 0 Å². The van der Waals surface area contributed by atoms with Crippen LogP contribution in [0.15, 0.2) is 0 Å². The molecule has 4 unspecified atom stereocenters. The van der Waals surface area contributed by atoms with Crippen LogP contribution in [0.25, 0.3) is 0 Å². The average Bonchev–Trinajstić information content (AvgIpc) is 2.12. The van der Waals surface area contributed by atoms with Gasteiger partial charge in [-0.15, -0.1) is 0 Å². The van der Waals surface area contributed by atoms with Gasteiger partial charge < -0.3 is 5.32 Å². The van der Waals surface area contributed by atoms with Crippen molar-refractivity contribution >= 4 is 11.8 Å². The van der Waals surface area contributed by atoms with Crippen LogP contribution in [0.1, 0.15) is 40.0 Å². The molecular weight excluding hydrogens is 190 g/mol. The second kappa shape index (κ2) is 6.02. The summed E-state index contributed by atoms with van der Waals surface area (Å²) in [4.78, 5) is 0. The van der Waals surface area contributed by atoms with Crippen LogP contribution in [-0.4, -0.2) is 24.1 Å². The first-order chi connectivity index (χ1) is 6.63. The van der Waals surface area contributed by atoms with Gasteiger partial charge in [0.15, 0.2) is 0 Å². The molecule has 1 saturated carbocycles. The third-order valence-corrected chi connectivity index (χ3v) is 4.37. The highest BCUT2D eigenvalue weighted by Gasteiger charge is 2.24. The number of hydrogen-bond acceptors (Lipinski definition) is 2. The lowest BCUT2D eigenvalue weighted by Gasteiger charge is -2.34. The summed E-state index contributed by atoms with van der Waals surface area (Å²) in [5.41, 5.74) is 0. The van der Waals surface area contributed by atoms with E-state index in [1.165, 1.54) is 25.0 Å². The Morgan fingerprint density at radius 1 is 1.29 bits per heavy atom. The predicted octanol–water partition coefficient (Wildman–Crippen LogP) is 3.15. The van der Waals surface area contributed by atoms with Crippen LogP contribution in [0.4, 0.5) is 0 Å². The molecule has 14 heavy (non-hydrogen) atoms. The summed E-state index contributed by atoms with van der Waals surface area (Å²) in [6.45, 7) is 7.10. The van der Waals surface area contributed by atoms with E-state index < -0.39 is 0 Å². The Balaban J connectivity index is 2.25. The smallest absolute Gasteiger partial charge is 0.0132 e. The topological polar surface area (TPSA) is 12.0 Å². The molecule has 0 aromatic heterocycles. The Labute approximate surface area is 93.4 Å². The van der Waals surface area contributed by atoms with Gasteiger partial charge in [-0.1, -0.05) is 13.8 Å². The van der Waals surface area contributed by atoms with Crippen LogP contribution in [0.5, 0.6) is 0 Å². The summed E-state index contributed by atoms with van der Waals surface area (Å²) in [6, 6.07) is 1.46. The van der Waals surface area contributed by atoms with Gasteiger partial charge in [0.05, 0.1) is 0 Å². The molecular formula is C12H25NS. The molecule has 0 spiro atoms. The molecule has 2 heteroatoms. The first-order valence-electron chi connectivity index (χ1n) is 5.88. The minimum absolute atomic E-state index is 0.676. The molecule has 0 saturated heterocycles. The second-order valence-electron chi connectivity index (χ2n) is 4.99. The monoisotopic (exact) mass is 215 g/mol. The lowest BCUT2D eigenvalue weighted by atomic mass is 9.79. The van der Waals surface area contributed by atoms with Gasteiger partial charge in [-0.3, -0.25) is 0 Å². The SMILES string of the molecule is CSCC(C)NC1CCC(C)C(C)C1. The molecule has 1 nitrogen and oxygen atoms in total. The number of hydrogen-bond donors (Lipinski definition) is 1. The quantitative estimate of drug-likeness (QED) is 0.773. The lowest BCUT2D eigenvalue weighted by molar-refractivity contribution is 0.220. The van der Waals surface area contributed by atoms with Crippen molar-refractivity contribution in [1.82, 2.24) is 5.32 Å². The molecule has 0 amide bonds. The van der Waals surface area contributed by atoms with Gasteiger partial charge >= 0.3 is 0 Å². The molecule has 84 valence electrons. The van der Waals surface area contributed by atoms with Crippen LogP contribution in [0.2, 0.25) is 0 Å². The van der Waals surface area contributed by atoms with Crippen molar-refractivity contribution in [3.05, 3.63) is 0 Å². The highest BCUT2D eigenvalue weighted by atomic mass is 32.2. The van der Waals surface area contributed by atoms with Gasteiger partial charge in [0, 0.05) is 17.8 Å². The highest BCUT2D eigenvalue weighted by molar-refractivity contribution is 7.98. The fourth-order valence-electron chi connectivity index (χ4n) is 2.40. The zero-order valence-corrected chi connectivity index (χ0v) is 10.9. The van der Waals surface area contributed by atoms with Crippen molar-refractivity contribution in [3.8, 4) is 0 Å². The van der Waals surface area contributed by atoms with Crippen LogP contribution in [0, 0.1) is 11.8 Å². The molecule has 1 N–H and O–H groups in total. The fraction of sp³-hybridized carbons (Fsp3) is 1.00. The van der Waals surface area contributed by atoms with E-state index in [1.54, 1.807) is 0 Å². The Kier molecular flexibility index (Phi) is 5.32. The molecule has 1 fully saturated rings. The first kappa shape index (κ1) is 12.4.